The Labute approximate surface area is 112 Å². The second kappa shape index (κ2) is 5.27. The lowest BCUT2D eigenvalue weighted by Gasteiger charge is -2.09. The second-order valence-corrected chi connectivity index (χ2v) is 4.00. The monoisotopic (exact) mass is 284 g/mol. The van der Waals surface area contributed by atoms with Gasteiger partial charge in [0.15, 0.2) is 0 Å². The number of aromatic nitrogens is 4. The molecule has 9 heteroatoms. The van der Waals surface area contributed by atoms with E-state index in [4.69, 9.17) is 5.73 Å². The van der Waals surface area contributed by atoms with Gasteiger partial charge in [0.2, 0.25) is 5.82 Å². The van der Waals surface area contributed by atoms with Gasteiger partial charge in [0.05, 0.1) is 24.1 Å². The fourth-order valence-electron chi connectivity index (χ4n) is 1.38. The van der Waals surface area contributed by atoms with Crippen LogP contribution in [0, 0.1) is 6.92 Å². The summed E-state index contributed by atoms with van der Waals surface area (Å²) in [6.45, 7) is 1.96. The molecule has 2 aromatic heterocycles. The van der Waals surface area contributed by atoms with Gasteiger partial charge in [0.25, 0.3) is 0 Å². The summed E-state index contributed by atoms with van der Waals surface area (Å²) >= 11 is 0. The van der Waals surface area contributed by atoms with Crippen LogP contribution < -0.4 is 11.1 Å². The molecule has 0 saturated carbocycles. The highest BCUT2D eigenvalue weighted by atomic mass is 19.4. The lowest BCUT2D eigenvalue weighted by atomic mass is 10.4. The predicted octanol–water partition coefficient (Wildman–Crippen LogP) is 1.79. The first kappa shape index (κ1) is 14.0. The molecule has 2 rings (SSSR count). The van der Waals surface area contributed by atoms with Gasteiger partial charge in [0, 0.05) is 12.3 Å². The molecule has 20 heavy (non-hydrogen) atoms. The molecule has 0 atom stereocenters. The quantitative estimate of drug-likeness (QED) is 0.893. The van der Waals surface area contributed by atoms with E-state index in [0.29, 0.717) is 5.69 Å². The smallest absolute Gasteiger partial charge is 0.384 e. The highest BCUT2D eigenvalue weighted by Crippen LogP contribution is 2.27. The first-order chi connectivity index (χ1) is 9.34. The van der Waals surface area contributed by atoms with Crippen molar-refractivity contribution < 1.29 is 13.2 Å². The van der Waals surface area contributed by atoms with Crippen LogP contribution in [0.4, 0.5) is 24.8 Å². The zero-order chi connectivity index (χ0) is 14.8. The third kappa shape index (κ3) is 3.53. The van der Waals surface area contributed by atoms with E-state index in [2.05, 4.69) is 25.3 Å². The Morgan fingerprint density at radius 2 is 1.95 bits per heavy atom. The summed E-state index contributed by atoms with van der Waals surface area (Å²) in [5.41, 5.74) is 6.65. The molecule has 6 nitrogen and oxygen atoms in total. The van der Waals surface area contributed by atoms with Gasteiger partial charge in [-0.05, 0) is 6.92 Å². The van der Waals surface area contributed by atoms with Gasteiger partial charge in [-0.15, -0.1) is 0 Å². The average Bonchev–Trinajstić information content (AvgIpc) is 2.36. The van der Waals surface area contributed by atoms with Crippen LogP contribution in [-0.4, -0.2) is 19.9 Å². The molecule has 106 valence electrons. The van der Waals surface area contributed by atoms with Gasteiger partial charge in [-0.2, -0.15) is 13.2 Å². The summed E-state index contributed by atoms with van der Waals surface area (Å²) in [6, 6.07) is 1.22. The number of alkyl halides is 3. The van der Waals surface area contributed by atoms with Gasteiger partial charge < -0.3 is 11.1 Å². The van der Waals surface area contributed by atoms with E-state index in [9.17, 15) is 13.2 Å². The van der Waals surface area contributed by atoms with E-state index >= 15 is 0 Å². The average molecular weight is 284 g/mol. The number of nitrogen functional groups attached to an aromatic ring is 1. The summed E-state index contributed by atoms with van der Waals surface area (Å²) in [5, 5.41) is 2.70. The van der Waals surface area contributed by atoms with Gasteiger partial charge in [-0.3, -0.25) is 9.97 Å². The van der Waals surface area contributed by atoms with Gasteiger partial charge >= 0.3 is 6.18 Å². The molecule has 0 radical (unpaired) electrons. The summed E-state index contributed by atoms with van der Waals surface area (Å²) in [5.74, 6) is -1.56. The molecule has 0 saturated heterocycles. The van der Waals surface area contributed by atoms with Crippen LogP contribution >= 0.6 is 0 Å². The number of anilines is 2. The van der Waals surface area contributed by atoms with Gasteiger partial charge in [0.1, 0.15) is 11.6 Å². The Balaban J connectivity index is 2.13. The Morgan fingerprint density at radius 1 is 1.20 bits per heavy atom. The molecule has 0 aromatic carbocycles. The molecule has 0 aliphatic heterocycles. The zero-order valence-electron chi connectivity index (χ0n) is 10.4. The van der Waals surface area contributed by atoms with Crippen LogP contribution in [0.15, 0.2) is 18.5 Å². The van der Waals surface area contributed by atoms with Crippen molar-refractivity contribution >= 4 is 11.6 Å². The molecule has 0 aliphatic carbocycles. The van der Waals surface area contributed by atoms with Crippen molar-refractivity contribution in [3.05, 3.63) is 35.7 Å². The zero-order valence-corrected chi connectivity index (χ0v) is 10.4. The molecule has 0 aliphatic rings. The SMILES string of the molecule is Cc1cnc(CNc2cc(N)nc(C(F)(F)F)n2)cn1. The van der Waals surface area contributed by atoms with Gasteiger partial charge in [-0.25, -0.2) is 9.97 Å². The van der Waals surface area contributed by atoms with Crippen molar-refractivity contribution in [3.63, 3.8) is 0 Å². The first-order valence-electron chi connectivity index (χ1n) is 5.58. The molecule has 0 amide bonds. The van der Waals surface area contributed by atoms with Crippen molar-refractivity contribution in [2.24, 2.45) is 0 Å². The minimum Gasteiger partial charge on any atom is -0.384 e. The standard InChI is InChI=1S/C11H11F3N6/c1-6-3-17-7(4-16-6)5-18-9-2-8(15)19-10(20-9)11(12,13)14/h2-4H,5H2,1H3,(H3,15,18,19,20). The first-order valence-corrected chi connectivity index (χ1v) is 5.58. The maximum Gasteiger partial charge on any atom is 0.451 e. The van der Waals surface area contributed by atoms with Crippen molar-refractivity contribution in [1.82, 2.24) is 19.9 Å². The highest BCUT2D eigenvalue weighted by Gasteiger charge is 2.35. The van der Waals surface area contributed by atoms with Crippen LogP contribution in [0.1, 0.15) is 17.2 Å². The van der Waals surface area contributed by atoms with E-state index < -0.39 is 12.0 Å². The molecule has 0 bridgehead atoms. The molecule has 0 unspecified atom stereocenters. The van der Waals surface area contributed by atoms with Crippen LogP contribution in [0.25, 0.3) is 0 Å². The molecular weight excluding hydrogens is 273 g/mol. The lowest BCUT2D eigenvalue weighted by molar-refractivity contribution is -0.144. The van der Waals surface area contributed by atoms with Crippen molar-refractivity contribution in [2.75, 3.05) is 11.1 Å². The van der Waals surface area contributed by atoms with Crippen LogP contribution in [-0.2, 0) is 12.7 Å². The summed E-state index contributed by atoms with van der Waals surface area (Å²) in [6.07, 6.45) is -1.56. The van der Waals surface area contributed by atoms with E-state index in [1.54, 1.807) is 13.1 Å². The van der Waals surface area contributed by atoms with Crippen LogP contribution in [0.2, 0.25) is 0 Å². The number of halogens is 3. The maximum atomic E-state index is 12.5. The maximum absolute atomic E-state index is 12.5. The summed E-state index contributed by atoms with van der Waals surface area (Å²) < 4.78 is 37.6. The molecule has 0 fully saturated rings. The van der Waals surface area contributed by atoms with Crippen LogP contribution in [0.3, 0.4) is 0 Å². The second-order valence-electron chi connectivity index (χ2n) is 4.00. The van der Waals surface area contributed by atoms with Crippen molar-refractivity contribution in [2.45, 2.75) is 19.6 Å². The van der Waals surface area contributed by atoms with E-state index in [1.165, 1.54) is 12.3 Å². The largest absolute Gasteiger partial charge is 0.451 e. The van der Waals surface area contributed by atoms with E-state index in [-0.39, 0.29) is 18.2 Å². The minimum absolute atomic E-state index is 0.0211. The minimum atomic E-state index is -4.64. The number of hydrogen-bond donors (Lipinski definition) is 2. The lowest BCUT2D eigenvalue weighted by Crippen LogP contribution is -2.14. The topological polar surface area (TPSA) is 89.6 Å². The third-order valence-corrected chi connectivity index (χ3v) is 2.28. The number of hydrogen-bond acceptors (Lipinski definition) is 6. The molecule has 3 N–H and O–H groups in total. The number of rotatable bonds is 3. The number of nitrogens with zero attached hydrogens (tertiary/aromatic N) is 4. The van der Waals surface area contributed by atoms with Gasteiger partial charge in [-0.1, -0.05) is 0 Å². The van der Waals surface area contributed by atoms with E-state index in [0.717, 1.165) is 5.69 Å². The normalized spacial score (nSPS) is 11.4. The van der Waals surface area contributed by atoms with Crippen LogP contribution in [0.5, 0.6) is 0 Å². The van der Waals surface area contributed by atoms with E-state index in [1.807, 2.05) is 0 Å². The Hall–Kier alpha value is -2.45. The molecular formula is C11H11F3N6. The fourth-order valence-corrected chi connectivity index (χ4v) is 1.38. The summed E-state index contributed by atoms with van der Waals surface area (Å²) in [4.78, 5) is 14.6. The number of aryl methyl sites for hydroxylation is 1. The number of nitrogens with one attached hydrogen (secondary N) is 1. The summed E-state index contributed by atoms with van der Waals surface area (Å²) in [7, 11) is 0. The molecule has 0 spiro atoms. The predicted molar refractivity (Wildman–Crippen MR) is 65.5 cm³/mol. The molecule has 2 heterocycles. The highest BCUT2D eigenvalue weighted by molar-refractivity contribution is 5.45. The fraction of sp³-hybridized carbons (Fsp3) is 0.273. The van der Waals surface area contributed by atoms with Crippen molar-refractivity contribution in [3.8, 4) is 0 Å². The third-order valence-electron chi connectivity index (χ3n) is 2.28. The number of nitrogens with two attached hydrogens (primary N) is 1. The Bertz CT molecular complexity index is 596. The Morgan fingerprint density at radius 3 is 2.55 bits per heavy atom. The van der Waals surface area contributed by atoms with Crippen molar-refractivity contribution in [1.29, 1.82) is 0 Å². The Kier molecular flexibility index (Phi) is 3.68. The molecule has 2 aromatic rings.